The molecule has 1 N–H and O–H groups in total. The summed E-state index contributed by atoms with van der Waals surface area (Å²) in [7, 11) is 1.76. The van der Waals surface area contributed by atoms with Crippen LogP contribution in [0.1, 0.15) is 50.1 Å². The lowest BCUT2D eigenvalue weighted by atomic mass is 9.96. The van der Waals surface area contributed by atoms with Gasteiger partial charge in [0.05, 0.1) is 0 Å². The van der Waals surface area contributed by atoms with Gasteiger partial charge in [-0.3, -0.25) is 9.89 Å². The van der Waals surface area contributed by atoms with E-state index in [0.717, 1.165) is 18.7 Å². The van der Waals surface area contributed by atoms with Gasteiger partial charge in [0.25, 0.3) is 5.91 Å². The van der Waals surface area contributed by atoms with Gasteiger partial charge in [-0.05, 0) is 12.8 Å². The lowest BCUT2D eigenvalue weighted by Gasteiger charge is -2.15. The summed E-state index contributed by atoms with van der Waals surface area (Å²) in [6.07, 6.45) is 3.66. The monoisotopic (exact) mass is 250 g/mol. The number of carbonyl (C=O) groups excluding carboxylic acids is 1. The highest BCUT2D eigenvalue weighted by atomic mass is 16.2. The summed E-state index contributed by atoms with van der Waals surface area (Å²) >= 11 is 0. The lowest BCUT2D eigenvalue weighted by Crippen LogP contribution is -2.28. The van der Waals surface area contributed by atoms with E-state index in [1.165, 1.54) is 0 Å². The minimum Gasteiger partial charge on any atom is -0.339 e. The summed E-state index contributed by atoms with van der Waals surface area (Å²) < 4.78 is 0. The molecule has 0 spiro atoms. The quantitative estimate of drug-likeness (QED) is 0.643. The molecule has 5 nitrogen and oxygen atoms in total. The third-order valence-electron chi connectivity index (χ3n) is 2.64. The zero-order valence-electron chi connectivity index (χ0n) is 11.7. The fourth-order valence-corrected chi connectivity index (χ4v) is 1.44. The molecule has 100 valence electrons. The molecule has 0 unspecified atom stereocenters. The lowest BCUT2D eigenvalue weighted by molar-refractivity contribution is 0.0782. The smallest absolute Gasteiger partial charge is 0.293 e. The average Bonchev–Trinajstić information content (AvgIpc) is 2.77. The van der Waals surface area contributed by atoms with Crippen molar-refractivity contribution in [3.05, 3.63) is 24.3 Å². The topological polar surface area (TPSA) is 61.9 Å². The summed E-state index contributed by atoms with van der Waals surface area (Å²) in [5, 5.41) is 6.81. The van der Waals surface area contributed by atoms with E-state index in [0.29, 0.717) is 6.54 Å². The number of H-pyrrole nitrogens is 1. The first-order chi connectivity index (χ1) is 8.36. The Morgan fingerprint density at radius 3 is 2.67 bits per heavy atom. The van der Waals surface area contributed by atoms with Crippen molar-refractivity contribution < 1.29 is 4.79 Å². The Balaban J connectivity index is 2.66. The van der Waals surface area contributed by atoms with Crippen LogP contribution >= 0.6 is 0 Å². The van der Waals surface area contributed by atoms with Crippen LogP contribution in [0.25, 0.3) is 0 Å². The number of rotatable bonds is 5. The molecule has 0 aliphatic rings. The molecule has 1 rings (SSSR count). The Labute approximate surface area is 108 Å². The average molecular weight is 250 g/mol. The molecule has 1 amide bonds. The Hall–Kier alpha value is -1.65. The molecular weight excluding hydrogens is 228 g/mol. The second-order valence-corrected chi connectivity index (χ2v) is 5.42. The molecular formula is C13H22N4O. The van der Waals surface area contributed by atoms with Crippen molar-refractivity contribution in [2.24, 2.45) is 0 Å². The van der Waals surface area contributed by atoms with E-state index in [9.17, 15) is 4.79 Å². The highest BCUT2D eigenvalue weighted by Crippen LogP contribution is 2.17. The van der Waals surface area contributed by atoms with Crippen molar-refractivity contribution in [1.82, 2.24) is 20.1 Å². The largest absolute Gasteiger partial charge is 0.339 e. The Kier molecular flexibility index (Phi) is 4.64. The first-order valence-electron chi connectivity index (χ1n) is 6.15. The van der Waals surface area contributed by atoms with Crippen LogP contribution in [0.5, 0.6) is 0 Å². The normalized spacial score (nSPS) is 11.3. The van der Waals surface area contributed by atoms with Gasteiger partial charge in [-0.1, -0.05) is 26.8 Å². The van der Waals surface area contributed by atoms with Crippen molar-refractivity contribution in [1.29, 1.82) is 0 Å². The second-order valence-electron chi connectivity index (χ2n) is 5.42. The maximum atomic E-state index is 12.0. The van der Waals surface area contributed by atoms with Crippen LogP contribution in [0, 0.1) is 0 Å². The van der Waals surface area contributed by atoms with E-state index in [1.807, 2.05) is 26.8 Å². The van der Waals surface area contributed by atoms with Gasteiger partial charge in [-0.2, -0.15) is 0 Å². The first-order valence-corrected chi connectivity index (χ1v) is 6.15. The van der Waals surface area contributed by atoms with Gasteiger partial charge >= 0.3 is 0 Å². The molecule has 0 saturated heterocycles. The molecule has 1 aromatic heterocycles. The van der Waals surface area contributed by atoms with Crippen molar-refractivity contribution in [3.8, 4) is 0 Å². The van der Waals surface area contributed by atoms with E-state index < -0.39 is 0 Å². The Morgan fingerprint density at radius 1 is 1.50 bits per heavy atom. The number of hydrogen-bond donors (Lipinski definition) is 1. The molecule has 0 aliphatic heterocycles. The number of aromatic nitrogens is 3. The minimum atomic E-state index is -0.147. The fraction of sp³-hybridized carbons (Fsp3) is 0.615. The molecule has 0 aliphatic carbocycles. The number of amides is 1. The van der Waals surface area contributed by atoms with Crippen LogP contribution < -0.4 is 0 Å². The molecule has 0 bridgehead atoms. The SMILES string of the molecule is C=CCCCN(C)C(=O)c1n[nH]c(C(C)(C)C)n1. The highest BCUT2D eigenvalue weighted by Gasteiger charge is 2.22. The minimum absolute atomic E-state index is 0.132. The van der Waals surface area contributed by atoms with Gasteiger partial charge in [0.1, 0.15) is 5.82 Å². The number of nitrogens with zero attached hydrogens (tertiary/aromatic N) is 3. The molecule has 5 heteroatoms. The molecule has 0 fully saturated rings. The van der Waals surface area contributed by atoms with Gasteiger partial charge in [0, 0.05) is 19.0 Å². The van der Waals surface area contributed by atoms with E-state index in [2.05, 4.69) is 21.8 Å². The van der Waals surface area contributed by atoms with Crippen molar-refractivity contribution in [2.45, 2.75) is 39.0 Å². The zero-order chi connectivity index (χ0) is 13.8. The van der Waals surface area contributed by atoms with Crippen LogP contribution in [0.2, 0.25) is 0 Å². The molecule has 0 radical (unpaired) electrons. The third kappa shape index (κ3) is 3.68. The number of carbonyl (C=O) groups is 1. The molecule has 1 aromatic rings. The standard InChI is InChI=1S/C13H22N4O/c1-6-7-8-9-17(5)11(18)10-14-12(16-15-10)13(2,3)4/h6H,1,7-9H2,2-5H3,(H,14,15,16). The van der Waals surface area contributed by atoms with Gasteiger partial charge in [-0.25, -0.2) is 4.98 Å². The summed E-state index contributed by atoms with van der Waals surface area (Å²) in [5.74, 6) is 0.817. The van der Waals surface area contributed by atoms with Gasteiger partial charge in [0.2, 0.25) is 5.82 Å². The van der Waals surface area contributed by atoms with Crippen molar-refractivity contribution in [3.63, 3.8) is 0 Å². The Bertz CT molecular complexity index is 417. The number of unbranched alkanes of at least 4 members (excludes halogenated alkanes) is 1. The number of aromatic amines is 1. The van der Waals surface area contributed by atoms with Gasteiger partial charge in [-0.15, -0.1) is 11.7 Å². The summed E-state index contributed by atoms with van der Waals surface area (Å²) in [6.45, 7) is 10.4. The number of nitrogens with one attached hydrogen (secondary N) is 1. The van der Waals surface area contributed by atoms with E-state index in [4.69, 9.17) is 0 Å². The number of hydrogen-bond acceptors (Lipinski definition) is 3. The number of allylic oxidation sites excluding steroid dienone is 1. The zero-order valence-corrected chi connectivity index (χ0v) is 11.7. The first kappa shape index (κ1) is 14.4. The summed E-state index contributed by atoms with van der Waals surface area (Å²) in [6, 6.07) is 0. The van der Waals surface area contributed by atoms with Gasteiger partial charge < -0.3 is 4.90 Å². The molecule has 18 heavy (non-hydrogen) atoms. The third-order valence-corrected chi connectivity index (χ3v) is 2.64. The van der Waals surface area contributed by atoms with Crippen LogP contribution in [-0.4, -0.2) is 39.6 Å². The molecule has 1 heterocycles. The van der Waals surface area contributed by atoms with Crippen LogP contribution in [-0.2, 0) is 5.41 Å². The molecule has 0 aromatic carbocycles. The maximum absolute atomic E-state index is 12.0. The fourth-order valence-electron chi connectivity index (χ4n) is 1.44. The van der Waals surface area contributed by atoms with Crippen LogP contribution in [0.3, 0.4) is 0 Å². The van der Waals surface area contributed by atoms with Crippen molar-refractivity contribution in [2.75, 3.05) is 13.6 Å². The molecule has 0 saturated carbocycles. The predicted molar refractivity (Wildman–Crippen MR) is 71.5 cm³/mol. The van der Waals surface area contributed by atoms with E-state index in [1.54, 1.807) is 11.9 Å². The Morgan fingerprint density at radius 2 is 2.17 bits per heavy atom. The van der Waals surface area contributed by atoms with E-state index >= 15 is 0 Å². The van der Waals surface area contributed by atoms with Crippen LogP contribution in [0.15, 0.2) is 12.7 Å². The van der Waals surface area contributed by atoms with E-state index in [-0.39, 0.29) is 17.1 Å². The van der Waals surface area contributed by atoms with Gasteiger partial charge in [0.15, 0.2) is 0 Å². The highest BCUT2D eigenvalue weighted by molar-refractivity contribution is 5.90. The summed E-state index contributed by atoms with van der Waals surface area (Å²) in [5.41, 5.74) is -0.132. The predicted octanol–water partition coefficient (Wildman–Crippen LogP) is 2.14. The molecule has 0 atom stereocenters. The van der Waals surface area contributed by atoms with Crippen molar-refractivity contribution >= 4 is 5.91 Å². The van der Waals surface area contributed by atoms with Crippen LogP contribution in [0.4, 0.5) is 0 Å². The maximum Gasteiger partial charge on any atom is 0.293 e. The summed E-state index contributed by atoms with van der Waals surface area (Å²) in [4.78, 5) is 17.9. The second kappa shape index (κ2) is 5.80.